The molecule has 6 rings (SSSR count). The van der Waals surface area contributed by atoms with Gasteiger partial charge < -0.3 is 25.3 Å². The molecule has 3 aliphatic rings. The molecule has 200 valence electrons. The minimum absolute atomic E-state index is 0. The summed E-state index contributed by atoms with van der Waals surface area (Å²) in [6, 6.07) is 16.6. The molecule has 38 heavy (non-hydrogen) atoms. The second-order valence-corrected chi connectivity index (χ2v) is 10.0. The van der Waals surface area contributed by atoms with E-state index in [2.05, 4.69) is 15.2 Å². The van der Waals surface area contributed by atoms with Crippen molar-refractivity contribution >= 4 is 17.6 Å². The van der Waals surface area contributed by atoms with Crippen molar-refractivity contribution < 1.29 is 26.7 Å². The van der Waals surface area contributed by atoms with E-state index in [0.717, 1.165) is 48.2 Å². The van der Waals surface area contributed by atoms with Crippen molar-refractivity contribution in [3.63, 3.8) is 0 Å². The van der Waals surface area contributed by atoms with Crippen molar-refractivity contribution in [1.82, 2.24) is 9.88 Å². The van der Waals surface area contributed by atoms with Gasteiger partial charge in [0.25, 0.3) is 0 Å². The third kappa shape index (κ3) is 4.22. The summed E-state index contributed by atoms with van der Waals surface area (Å²) in [4.78, 5) is 32.3. The highest BCUT2D eigenvalue weighted by atomic mass is 16.7. The lowest BCUT2D eigenvalue weighted by Crippen LogP contribution is -2.42. The molecule has 2 amide bonds. The van der Waals surface area contributed by atoms with Gasteiger partial charge in [-0.25, -0.2) is 4.98 Å². The Morgan fingerprint density at radius 2 is 1.97 bits per heavy atom. The summed E-state index contributed by atoms with van der Waals surface area (Å²) >= 11 is 0. The summed E-state index contributed by atoms with van der Waals surface area (Å²) in [5, 5.41) is 3.00. The number of amides is 2. The summed E-state index contributed by atoms with van der Waals surface area (Å²) in [5.74, 6) is 2.14. The van der Waals surface area contributed by atoms with Crippen LogP contribution in [-0.2, 0) is 15.0 Å². The Kier molecular flexibility index (Phi) is 6.15. The number of rotatable bonds is 8. The molecule has 2 fully saturated rings. The molecule has 0 radical (unpaired) electrons. The third-order valence-electron chi connectivity index (χ3n) is 7.84. The first-order valence-electron chi connectivity index (χ1n) is 12.9. The molecule has 9 nitrogen and oxygen atoms in total. The molecule has 3 aromatic rings. The smallest absolute Gasteiger partial charge is 0.236 e. The Morgan fingerprint density at radius 3 is 2.71 bits per heavy atom. The minimum atomic E-state index is -0.592. The van der Waals surface area contributed by atoms with Crippen LogP contribution in [0.15, 0.2) is 60.8 Å². The number of fused-ring (bicyclic) bond motifs is 1. The number of primary amides is 1. The zero-order chi connectivity index (χ0) is 26.3. The summed E-state index contributed by atoms with van der Waals surface area (Å²) in [7, 11) is 1.64. The summed E-state index contributed by atoms with van der Waals surface area (Å²) < 4.78 is 16.6. The molecular weight excluding hydrogens is 484 g/mol. The van der Waals surface area contributed by atoms with Gasteiger partial charge in [-0.1, -0.05) is 30.3 Å². The van der Waals surface area contributed by atoms with Gasteiger partial charge in [-0.15, -0.1) is 0 Å². The number of benzene rings is 2. The van der Waals surface area contributed by atoms with Crippen LogP contribution < -0.4 is 25.3 Å². The maximum Gasteiger partial charge on any atom is 0.236 e. The second kappa shape index (κ2) is 9.64. The van der Waals surface area contributed by atoms with Gasteiger partial charge in [0, 0.05) is 14.6 Å². The molecule has 2 atom stereocenters. The highest BCUT2D eigenvalue weighted by Crippen LogP contribution is 2.51. The average molecular weight is 519 g/mol. The number of carbonyl (C=O) groups excluding carboxylic acids is 2. The van der Waals surface area contributed by atoms with Crippen LogP contribution in [0.2, 0.25) is 0 Å². The number of hydrogen-bond acceptors (Lipinski definition) is 7. The van der Waals surface area contributed by atoms with Gasteiger partial charge >= 0.3 is 0 Å². The maximum atomic E-state index is 13.3. The van der Waals surface area contributed by atoms with Gasteiger partial charge in [0.05, 0.1) is 24.6 Å². The normalized spacial score (nSPS) is 20.1. The number of pyridine rings is 1. The summed E-state index contributed by atoms with van der Waals surface area (Å²) in [6.07, 6.45) is 4.86. The SMILES string of the molecule is COc1ccccc1C(c1ccc(NC(=O)C2(c3ccc4c(c3)OCO4)CC2)nc1)N1CCCC1C(N)=O.[HH].[HH]. The third-order valence-corrected chi connectivity index (χ3v) is 7.84. The summed E-state index contributed by atoms with van der Waals surface area (Å²) in [6.45, 7) is 0.925. The number of hydrogen-bond donors (Lipinski definition) is 2. The Balaban J connectivity index is 0.00000185. The number of anilines is 1. The molecule has 2 aromatic carbocycles. The van der Waals surface area contributed by atoms with Gasteiger partial charge in [0.15, 0.2) is 11.5 Å². The Bertz CT molecular complexity index is 1380. The molecule has 2 aliphatic heterocycles. The topological polar surface area (TPSA) is 116 Å². The Labute approximate surface area is 223 Å². The van der Waals surface area contributed by atoms with Crippen LogP contribution in [0.25, 0.3) is 0 Å². The van der Waals surface area contributed by atoms with Gasteiger partial charge in [-0.05, 0) is 67.6 Å². The first-order chi connectivity index (χ1) is 18.5. The van der Waals surface area contributed by atoms with E-state index in [9.17, 15) is 9.59 Å². The standard InChI is InChI=1S/C29H30N4O5.2H2/c1-36-22-7-3-2-5-20(22)26(33-14-4-6-21(33)27(30)34)18-8-11-25(31-16-18)32-28(35)29(12-13-29)19-9-10-23-24(15-19)38-17-37-23;;/h2-3,5,7-11,15-16,21,26H,4,6,12-14,17H2,1H3,(H2,30,34)(H,31,32,35);2*1H. The van der Waals surface area contributed by atoms with E-state index in [-0.39, 0.29) is 33.5 Å². The van der Waals surface area contributed by atoms with Crippen molar-refractivity contribution in [2.75, 3.05) is 25.8 Å². The number of carbonyl (C=O) groups is 2. The van der Waals surface area contributed by atoms with Crippen molar-refractivity contribution in [2.24, 2.45) is 5.73 Å². The van der Waals surface area contributed by atoms with E-state index in [1.54, 1.807) is 19.4 Å². The lowest BCUT2D eigenvalue weighted by molar-refractivity contribution is -0.122. The molecule has 1 aromatic heterocycles. The van der Waals surface area contributed by atoms with Crippen LogP contribution in [0.1, 0.15) is 51.3 Å². The fourth-order valence-electron chi connectivity index (χ4n) is 5.69. The number of nitrogens with zero attached hydrogens (tertiary/aromatic N) is 2. The van der Waals surface area contributed by atoms with Crippen molar-refractivity contribution in [2.45, 2.75) is 43.2 Å². The van der Waals surface area contributed by atoms with Crippen molar-refractivity contribution in [3.8, 4) is 17.2 Å². The van der Waals surface area contributed by atoms with E-state index < -0.39 is 5.41 Å². The molecule has 0 spiro atoms. The zero-order valence-electron chi connectivity index (χ0n) is 21.2. The van der Waals surface area contributed by atoms with Crippen LogP contribution >= 0.6 is 0 Å². The number of methoxy groups -OCH3 is 1. The van der Waals surface area contributed by atoms with Crippen LogP contribution in [0, 0.1) is 0 Å². The lowest BCUT2D eigenvalue weighted by atomic mass is 9.94. The second-order valence-electron chi connectivity index (χ2n) is 10.0. The van der Waals surface area contributed by atoms with E-state index in [0.29, 0.717) is 23.7 Å². The lowest BCUT2D eigenvalue weighted by Gasteiger charge is -2.33. The highest BCUT2D eigenvalue weighted by Gasteiger charge is 2.52. The molecule has 1 saturated carbocycles. The molecule has 0 bridgehead atoms. The van der Waals surface area contributed by atoms with E-state index in [1.807, 2.05) is 48.5 Å². The van der Waals surface area contributed by atoms with Crippen molar-refractivity contribution in [1.29, 1.82) is 0 Å². The van der Waals surface area contributed by atoms with Crippen LogP contribution in [0.5, 0.6) is 17.2 Å². The number of ether oxygens (including phenoxy) is 3. The van der Waals surface area contributed by atoms with Crippen LogP contribution in [0.3, 0.4) is 0 Å². The van der Waals surface area contributed by atoms with E-state index >= 15 is 0 Å². The Hall–Kier alpha value is -4.11. The van der Waals surface area contributed by atoms with Crippen molar-refractivity contribution in [3.05, 3.63) is 77.5 Å². The maximum absolute atomic E-state index is 13.3. The van der Waals surface area contributed by atoms with Crippen LogP contribution in [-0.4, -0.2) is 48.2 Å². The minimum Gasteiger partial charge on any atom is -0.496 e. The summed E-state index contributed by atoms with van der Waals surface area (Å²) in [5.41, 5.74) is 7.91. The number of likely N-dealkylation sites (tertiary alicyclic amines) is 1. The fraction of sp³-hybridized carbons (Fsp3) is 0.345. The largest absolute Gasteiger partial charge is 0.496 e. The monoisotopic (exact) mass is 518 g/mol. The quantitative estimate of drug-likeness (QED) is 0.463. The van der Waals surface area contributed by atoms with E-state index in [1.165, 1.54) is 0 Å². The number of nitrogens with one attached hydrogen (secondary N) is 1. The average Bonchev–Trinajstić information content (AvgIpc) is 3.37. The van der Waals surface area contributed by atoms with Gasteiger partial charge in [0.2, 0.25) is 18.6 Å². The molecule has 1 aliphatic carbocycles. The van der Waals surface area contributed by atoms with Gasteiger partial charge in [-0.3, -0.25) is 14.5 Å². The van der Waals surface area contributed by atoms with Crippen LogP contribution in [0.4, 0.5) is 5.82 Å². The Morgan fingerprint density at radius 1 is 1.16 bits per heavy atom. The molecule has 3 N–H and O–H groups in total. The number of nitrogens with two attached hydrogens (primary N) is 1. The van der Waals surface area contributed by atoms with Gasteiger partial charge in [0.1, 0.15) is 11.6 Å². The fourth-order valence-corrected chi connectivity index (χ4v) is 5.69. The predicted molar refractivity (Wildman–Crippen MR) is 144 cm³/mol. The molecule has 3 heterocycles. The number of para-hydroxylation sites is 1. The number of aromatic nitrogens is 1. The molecular formula is C29H34N4O5. The zero-order valence-corrected chi connectivity index (χ0v) is 21.2. The first-order valence-corrected chi connectivity index (χ1v) is 12.9. The molecule has 1 saturated heterocycles. The van der Waals surface area contributed by atoms with E-state index in [4.69, 9.17) is 19.9 Å². The van der Waals surface area contributed by atoms with Gasteiger partial charge in [-0.2, -0.15) is 0 Å². The highest BCUT2D eigenvalue weighted by molar-refractivity contribution is 6.01. The predicted octanol–water partition coefficient (Wildman–Crippen LogP) is 4.02. The first kappa shape index (κ1) is 24.2. The molecule has 9 heteroatoms. The molecule has 2 unspecified atom stereocenters.